The van der Waals surface area contributed by atoms with E-state index < -0.39 is 23.9 Å². The van der Waals surface area contributed by atoms with Crippen molar-refractivity contribution in [1.82, 2.24) is 0 Å². The predicted octanol–water partition coefficient (Wildman–Crippen LogP) is 3.62. The lowest BCUT2D eigenvalue weighted by Crippen LogP contribution is -2.47. The van der Waals surface area contributed by atoms with Crippen LogP contribution in [0.2, 0.25) is 0 Å². The highest BCUT2D eigenvalue weighted by molar-refractivity contribution is 4.90. The molecule has 0 nitrogen and oxygen atoms in total. The summed E-state index contributed by atoms with van der Waals surface area (Å²) in [5.74, 6) is -3.74. The molecule has 0 aromatic rings. The van der Waals surface area contributed by atoms with E-state index in [2.05, 4.69) is 0 Å². The molecule has 0 unspecified atom stereocenters. The normalized spacial score (nSPS) is 19.0. The van der Waals surface area contributed by atoms with Crippen molar-refractivity contribution < 1.29 is 22.0 Å². The highest BCUT2D eigenvalue weighted by Crippen LogP contribution is 2.50. The lowest BCUT2D eigenvalue weighted by molar-refractivity contribution is -0.288. The minimum Gasteiger partial charge on any atom is -0.206 e. The summed E-state index contributed by atoms with van der Waals surface area (Å²) in [5, 5.41) is 0. The fourth-order valence-corrected chi connectivity index (χ4v) is 0.760. The highest BCUT2D eigenvalue weighted by Gasteiger charge is 2.62. The molecule has 0 rings (SSSR count). The van der Waals surface area contributed by atoms with Gasteiger partial charge in [-0.3, -0.25) is 0 Å². The Morgan fingerprint density at radius 1 is 0.917 bits per heavy atom. The molecule has 12 heavy (non-hydrogen) atoms. The van der Waals surface area contributed by atoms with Crippen LogP contribution in [-0.4, -0.2) is 12.1 Å². The molecular formula is C7H11F5. The van der Waals surface area contributed by atoms with Crippen molar-refractivity contribution >= 4 is 0 Å². The lowest BCUT2D eigenvalue weighted by Gasteiger charge is -2.35. The van der Waals surface area contributed by atoms with Gasteiger partial charge in [-0.05, 0) is 13.3 Å². The largest absolute Gasteiger partial charge is 0.399 e. The van der Waals surface area contributed by atoms with Crippen molar-refractivity contribution in [3.63, 3.8) is 0 Å². The molecule has 5 heteroatoms. The van der Waals surface area contributed by atoms with E-state index in [1.165, 1.54) is 0 Å². The van der Waals surface area contributed by atoms with E-state index in [1.807, 2.05) is 0 Å². The predicted molar refractivity (Wildman–Crippen MR) is 35.1 cm³/mol. The average molecular weight is 190 g/mol. The van der Waals surface area contributed by atoms with E-state index in [4.69, 9.17) is 0 Å². The molecule has 0 aromatic carbocycles. The minimum absolute atomic E-state index is 0.296. The van der Waals surface area contributed by atoms with Gasteiger partial charge in [0.05, 0.1) is 0 Å². The van der Waals surface area contributed by atoms with Gasteiger partial charge in [0.15, 0.2) is 0 Å². The maximum absolute atomic E-state index is 12.5. The summed E-state index contributed by atoms with van der Waals surface area (Å²) in [6.07, 6.45) is -5.49. The third kappa shape index (κ3) is 1.69. The van der Waals surface area contributed by atoms with Gasteiger partial charge < -0.3 is 0 Å². The van der Waals surface area contributed by atoms with E-state index in [0.717, 1.165) is 6.92 Å². The Kier molecular flexibility index (Phi) is 2.77. The Hall–Kier alpha value is -0.350. The second kappa shape index (κ2) is 2.85. The van der Waals surface area contributed by atoms with Gasteiger partial charge >= 0.3 is 6.18 Å². The molecule has 1 atom stereocenters. The van der Waals surface area contributed by atoms with Crippen LogP contribution in [0.15, 0.2) is 0 Å². The fourth-order valence-electron chi connectivity index (χ4n) is 0.760. The van der Waals surface area contributed by atoms with Gasteiger partial charge in [-0.2, -0.15) is 13.2 Å². The van der Waals surface area contributed by atoms with Crippen molar-refractivity contribution in [1.29, 1.82) is 0 Å². The summed E-state index contributed by atoms with van der Waals surface area (Å²) >= 11 is 0. The van der Waals surface area contributed by atoms with Crippen LogP contribution in [-0.2, 0) is 0 Å². The first-order valence-corrected chi connectivity index (χ1v) is 3.51. The smallest absolute Gasteiger partial charge is 0.206 e. The van der Waals surface area contributed by atoms with Gasteiger partial charge in [0.2, 0.25) is 0 Å². The van der Waals surface area contributed by atoms with Gasteiger partial charge in [0.1, 0.15) is 5.41 Å². The van der Waals surface area contributed by atoms with Gasteiger partial charge in [-0.1, -0.05) is 6.92 Å². The quantitative estimate of drug-likeness (QED) is 0.583. The van der Waals surface area contributed by atoms with Gasteiger partial charge in [0, 0.05) is 6.92 Å². The molecule has 0 aromatic heterocycles. The van der Waals surface area contributed by atoms with Crippen LogP contribution in [0.25, 0.3) is 0 Å². The zero-order valence-electron chi connectivity index (χ0n) is 7.10. The number of hydrogen-bond donors (Lipinski definition) is 0. The first kappa shape index (κ1) is 11.6. The second-order valence-corrected chi connectivity index (χ2v) is 3.07. The number of rotatable bonds is 2. The van der Waals surface area contributed by atoms with Crippen molar-refractivity contribution in [3.05, 3.63) is 0 Å². The summed E-state index contributed by atoms with van der Waals surface area (Å²) < 4.78 is 61.5. The Morgan fingerprint density at radius 2 is 1.25 bits per heavy atom. The van der Waals surface area contributed by atoms with Gasteiger partial charge in [-0.15, -0.1) is 0 Å². The number of alkyl halides is 5. The third-order valence-electron chi connectivity index (χ3n) is 2.30. The van der Waals surface area contributed by atoms with Gasteiger partial charge in [0.25, 0.3) is 5.92 Å². The fraction of sp³-hybridized carbons (Fsp3) is 1.00. The van der Waals surface area contributed by atoms with E-state index >= 15 is 0 Å². The van der Waals surface area contributed by atoms with Crippen LogP contribution in [0.3, 0.4) is 0 Å². The molecule has 0 aliphatic carbocycles. The summed E-state index contributed by atoms with van der Waals surface area (Å²) in [6.45, 7) is 1.93. The van der Waals surface area contributed by atoms with Crippen molar-refractivity contribution in [2.75, 3.05) is 0 Å². The first-order valence-electron chi connectivity index (χ1n) is 3.51. The van der Waals surface area contributed by atoms with Crippen LogP contribution in [0.5, 0.6) is 0 Å². The molecule has 0 N–H and O–H groups in total. The van der Waals surface area contributed by atoms with E-state index in [9.17, 15) is 22.0 Å². The van der Waals surface area contributed by atoms with Crippen LogP contribution in [0, 0.1) is 5.41 Å². The summed E-state index contributed by atoms with van der Waals surface area (Å²) in [4.78, 5) is 0. The van der Waals surface area contributed by atoms with E-state index in [1.54, 1.807) is 0 Å². The molecule has 0 spiro atoms. The zero-order chi connectivity index (χ0) is 10.2. The molecule has 0 heterocycles. The van der Waals surface area contributed by atoms with Crippen LogP contribution >= 0.6 is 0 Å². The van der Waals surface area contributed by atoms with Crippen LogP contribution in [0.4, 0.5) is 22.0 Å². The molecule has 0 saturated heterocycles. The van der Waals surface area contributed by atoms with E-state index in [-0.39, 0.29) is 0 Å². The van der Waals surface area contributed by atoms with Crippen molar-refractivity contribution in [2.45, 2.75) is 39.3 Å². The number of halogens is 5. The standard InChI is InChI=1S/C7H11F5/c1-4-5(2,6(3,8)9)7(10,11)12/h4H2,1-3H3/t5-/m1/s1. The maximum Gasteiger partial charge on any atom is 0.399 e. The molecule has 0 aliphatic heterocycles. The molecule has 0 radical (unpaired) electrons. The monoisotopic (exact) mass is 190 g/mol. The molecule has 0 amide bonds. The summed E-state index contributed by atoms with van der Waals surface area (Å²) in [6, 6.07) is 0. The Bertz CT molecular complexity index is 138. The first-order chi connectivity index (χ1) is 5.06. The molecule has 0 fully saturated rings. The maximum atomic E-state index is 12.5. The van der Waals surface area contributed by atoms with E-state index in [0.29, 0.717) is 13.8 Å². The minimum atomic E-state index is -4.86. The molecule has 0 aliphatic rings. The molecule has 0 saturated carbocycles. The Morgan fingerprint density at radius 3 is 1.25 bits per heavy atom. The average Bonchev–Trinajstić information content (AvgIpc) is 1.81. The molecule has 74 valence electrons. The lowest BCUT2D eigenvalue weighted by atomic mass is 9.81. The molecule has 0 bridgehead atoms. The van der Waals surface area contributed by atoms with Crippen LogP contribution < -0.4 is 0 Å². The number of hydrogen-bond acceptors (Lipinski definition) is 0. The second-order valence-electron chi connectivity index (χ2n) is 3.07. The SMILES string of the molecule is CC[C@](C)(C(C)(F)F)C(F)(F)F. The van der Waals surface area contributed by atoms with Crippen molar-refractivity contribution in [2.24, 2.45) is 5.41 Å². The Balaban J connectivity index is 4.95. The van der Waals surface area contributed by atoms with Crippen LogP contribution in [0.1, 0.15) is 27.2 Å². The zero-order valence-corrected chi connectivity index (χ0v) is 7.10. The molecular weight excluding hydrogens is 179 g/mol. The van der Waals surface area contributed by atoms with Gasteiger partial charge in [-0.25, -0.2) is 8.78 Å². The summed E-state index contributed by atoms with van der Waals surface area (Å²) in [5.41, 5.74) is -2.92. The van der Waals surface area contributed by atoms with Crippen molar-refractivity contribution in [3.8, 4) is 0 Å². The highest BCUT2D eigenvalue weighted by atomic mass is 19.4. The topological polar surface area (TPSA) is 0 Å². The third-order valence-corrected chi connectivity index (χ3v) is 2.30. The summed E-state index contributed by atoms with van der Waals surface area (Å²) in [7, 11) is 0. The Labute approximate surface area is 67.8 Å².